The number of hydrogen-bond acceptors (Lipinski definition) is 3. The molecule has 2 aromatic rings. The molecular formula is C19H25N3O2. The Morgan fingerprint density at radius 3 is 2.54 bits per heavy atom. The summed E-state index contributed by atoms with van der Waals surface area (Å²) in [6.45, 7) is 4.48. The molecule has 1 amide bonds. The number of aryl methyl sites for hydroxylation is 1. The van der Waals surface area contributed by atoms with Crippen LogP contribution in [0.5, 0.6) is 5.75 Å². The number of nitrogens with two attached hydrogens (primary N) is 1. The lowest BCUT2D eigenvalue weighted by Gasteiger charge is -2.16. The van der Waals surface area contributed by atoms with Crippen LogP contribution in [-0.4, -0.2) is 30.2 Å². The van der Waals surface area contributed by atoms with E-state index in [9.17, 15) is 4.79 Å². The van der Waals surface area contributed by atoms with E-state index in [1.807, 2.05) is 44.2 Å². The van der Waals surface area contributed by atoms with Crippen molar-refractivity contribution < 1.29 is 9.53 Å². The number of rotatable bonds is 6. The molecule has 1 saturated carbocycles. The fourth-order valence-corrected chi connectivity index (χ4v) is 3.24. The monoisotopic (exact) mass is 327 g/mol. The average molecular weight is 327 g/mol. The zero-order valence-electron chi connectivity index (χ0n) is 14.5. The first-order valence-electron chi connectivity index (χ1n) is 8.39. The van der Waals surface area contributed by atoms with E-state index in [-0.39, 0.29) is 11.9 Å². The summed E-state index contributed by atoms with van der Waals surface area (Å²) in [6, 6.07) is 9.86. The molecule has 0 radical (unpaired) electrons. The molecule has 1 aromatic heterocycles. The minimum Gasteiger partial charge on any atom is -0.497 e. The molecule has 1 fully saturated rings. The Labute approximate surface area is 142 Å². The zero-order chi connectivity index (χ0) is 17.3. The molecule has 5 heteroatoms. The van der Waals surface area contributed by atoms with E-state index < -0.39 is 0 Å². The van der Waals surface area contributed by atoms with E-state index in [0.717, 1.165) is 35.7 Å². The first kappa shape index (κ1) is 16.6. The Morgan fingerprint density at radius 1 is 1.33 bits per heavy atom. The molecular weight excluding hydrogens is 302 g/mol. The quantitative estimate of drug-likeness (QED) is 0.857. The number of ether oxygens (including phenoxy) is 1. The minimum absolute atomic E-state index is 0.0368. The SMILES string of the molecule is COc1ccc(-n2c(C)cc(C(=O)NC(CN)C3CC3)c2C)cc1. The van der Waals surface area contributed by atoms with E-state index in [1.54, 1.807) is 7.11 Å². The van der Waals surface area contributed by atoms with Gasteiger partial charge in [0.25, 0.3) is 5.91 Å². The van der Waals surface area contributed by atoms with Crippen molar-refractivity contribution in [3.8, 4) is 11.4 Å². The van der Waals surface area contributed by atoms with Crippen LogP contribution in [0, 0.1) is 19.8 Å². The van der Waals surface area contributed by atoms with Gasteiger partial charge in [-0.05, 0) is 62.9 Å². The topological polar surface area (TPSA) is 69.3 Å². The van der Waals surface area contributed by atoms with Gasteiger partial charge in [-0.15, -0.1) is 0 Å². The maximum absolute atomic E-state index is 12.7. The van der Waals surface area contributed by atoms with Crippen molar-refractivity contribution in [2.45, 2.75) is 32.7 Å². The molecule has 1 aromatic carbocycles. The molecule has 24 heavy (non-hydrogen) atoms. The van der Waals surface area contributed by atoms with Crippen LogP contribution in [0.4, 0.5) is 0 Å². The second-order valence-electron chi connectivity index (χ2n) is 6.47. The highest BCUT2D eigenvalue weighted by Crippen LogP contribution is 2.32. The molecule has 0 aliphatic heterocycles. The van der Waals surface area contributed by atoms with Gasteiger partial charge in [0.1, 0.15) is 5.75 Å². The van der Waals surface area contributed by atoms with Gasteiger partial charge in [-0.1, -0.05) is 0 Å². The van der Waals surface area contributed by atoms with Crippen LogP contribution in [0.3, 0.4) is 0 Å². The standard InChI is InChI=1S/C19H25N3O2/c1-12-10-17(19(23)21-18(11-20)14-4-5-14)13(2)22(12)15-6-8-16(24-3)9-7-15/h6-10,14,18H,4-5,11,20H2,1-3H3,(H,21,23). The molecule has 5 nitrogen and oxygen atoms in total. The smallest absolute Gasteiger partial charge is 0.253 e. The van der Waals surface area contributed by atoms with Crippen LogP contribution in [0.25, 0.3) is 5.69 Å². The van der Waals surface area contributed by atoms with Gasteiger partial charge in [0.15, 0.2) is 0 Å². The molecule has 0 bridgehead atoms. The second-order valence-corrected chi connectivity index (χ2v) is 6.47. The lowest BCUT2D eigenvalue weighted by molar-refractivity contribution is 0.0933. The van der Waals surface area contributed by atoms with Crippen molar-refractivity contribution in [2.24, 2.45) is 11.7 Å². The van der Waals surface area contributed by atoms with Gasteiger partial charge in [0.05, 0.1) is 12.7 Å². The minimum atomic E-state index is -0.0368. The van der Waals surface area contributed by atoms with Crippen molar-refractivity contribution in [2.75, 3.05) is 13.7 Å². The summed E-state index contributed by atoms with van der Waals surface area (Å²) in [5.74, 6) is 1.32. The van der Waals surface area contributed by atoms with Crippen LogP contribution >= 0.6 is 0 Å². The normalized spacial score (nSPS) is 15.2. The zero-order valence-corrected chi connectivity index (χ0v) is 14.5. The van der Waals surface area contributed by atoms with Gasteiger partial charge in [-0.2, -0.15) is 0 Å². The third-order valence-corrected chi connectivity index (χ3v) is 4.77. The van der Waals surface area contributed by atoms with Gasteiger partial charge >= 0.3 is 0 Å². The Kier molecular flexibility index (Phi) is 4.62. The molecule has 0 spiro atoms. The Hall–Kier alpha value is -2.27. The maximum atomic E-state index is 12.7. The van der Waals surface area contributed by atoms with Gasteiger partial charge < -0.3 is 20.4 Å². The van der Waals surface area contributed by atoms with Crippen LogP contribution < -0.4 is 15.8 Å². The molecule has 128 valence electrons. The van der Waals surface area contributed by atoms with Crippen LogP contribution in [0.15, 0.2) is 30.3 Å². The summed E-state index contributed by atoms with van der Waals surface area (Å²) in [4.78, 5) is 12.7. The van der Waals surface area contributed by atoms with Crippen molar-refractivity contribution in [3.63, 3.8) is 0 Å². The number of aromatic nitrogens is 1. The Morgan fingerprint density at radius 2 is 2.00 bits per heavy atom. The first-order chi connectivity index (χ1) is 11.5. The second kappa shape index (κ2) is 6.69. The number of amides is 1. The van der Waals surface area contributed by atoms with Crippen LogP contribution in [0.2, 0.25) is 0 Å². The highest BCUT2D eigenvalue weighted by Gasteiger charge is 2.32. The Bertz CT molecular complexity index is 730. The molecule has 1 atom stereocenters. The lowest BCUT2D eigenvalue weighted by atomic mass is 10.1. The third kappa shape index (κ3) is 3.17. The molecule has 0 saturated heterocycles. The summed E-state index contributed by atoms with van der Waals surface area (Å²) in [7, 11) is 1.65. The van der Waals surface area contributed by atoms with Crippen molar-refractivity contribution >= 4 is 5.91 Å². The summed E-state index contributed by atoms with van der Waals surface area (Å²) in [6.07, 6.45) is 2.32. The van der Waals surface area contributed by atoms with Gasteiger partial charge in [-0.3, -0.25) is 4.79 Å². The lowest BCUT2D eigenvalue weighted by Crippen LogP contribution is -2.41. The van der Waals surface area contributed by atoms with Crippen LogP contribution in [-0.2, 0) is 0 Å². The highest BCUT2D eigenvalue weighted by atomic mass is 16.5. The first-order valence-corrected chi connectivity index (χ1v) is 8.39. The van der Waals surface area contributed by atoms with Crippen LogP contribution in [0.1, 0.15) is 34.6 Å². The summed E-state index contributed by atoms with van der Waals surface area (Å²) >= 11 is 0. The molecule has 1 unspecified atom stereocenters. The molecule has 1 aliphatic carbocycles. The molecule has 3 N–H and O–H groups in total. The fraction of sp³-hybridized carbons (Fsp3) is 0.421. The molecule has 3 rings (SSSR count). The largest absolute Gasteiger partial charge is 0.497 e. The van der Waals surface area contributed by atoms with Gasteiger partial charge in [-0.25, -0.2) is 0 Å². The molecule has 1 heterocycles. The average Bonchev–Trinajstić information content (AvgIpc) is 3.38. The summed E-state index contributed by atoms with van der Waals surface area (Å²) in [5, 5.41) is 3.10. The number of hydrogen-bond donors (Lipinski definition) is 2. The number of nitrogens with one attached hydrogen (secondary N) is 1. The van der Waals surface area contributed by atoms with Crippen molar-refractivity contribution in [1.82, 2.24) is 9.88 Å². The van der Waals surface area contributed by atoms with Gasteiger partial charge in [0.2, 0.25) is 0 Å². The predicted molar refractivity (Wildman–Crippen MR) is 94.8 cm³/mol. The Balaban J connectivity index is 1.86. The van der Waals surface area contributed by atoms with E-state index in [0.29, 0.717) is 18.0 Å². The van der Waals surface area contributed by atoms with E-state index in [1.165, 1.54) is 0 Å². The summed E-state index contributed by atoms with van der Waals surface area (Å²) in [5.41, 5.74) is 9.49. The van der Waals surface area contributed by atoms with Gasteiger partial charge in [0, 0.05) is 29.7 Å². The number of benzene rings is 1. The molecule has 1 aliphatic rings. The fourth-order valence-electron chi connectivity index (χ4n) is 3.24. The predicted octanol–water partition coefficient (Wildman–Crippen LogP) is 2.57. The van der Waals surface area contributed by atoms with E-state index >= 15 is 0 Å². The van der Waals surface area contributed by atoms with E-state index in [4.69, 9.17) is 10.5 Å². The highest BCUT2D eigenvalue weighted by molar-refractivity contribution is 5.96. The number of nitrogens with zero attached hydrogens (tertiary/aromatic N) is 1. The number of carbonyl (C=O) groups is 1. The number of methoxy groups -OCH3 is 1. The summed E-state index contributed by atoms with van der Waals surface area (Å²) < 4.78 is 7.29. The number of carbonyl (C=O) groups excluding carboxylic acids is 1. The van der Waals surface area contributed by atoms with Crippen molar-refractivity contribution in [1.29, 1.82) is 0 Å². The van der Waals surface area contributed by atoms with Crippen molar-refractivity contribution in [3.05, 3.63) is 47.3 Å². The third-order valence-electron chi connectivity index (χ3n) is 4.77. The van der Waals surface area contributed by atoms with E-state index in [2.05, 4.69) is 9.88 Å². The maximum Gasteiger partial charge on any atom is 0.253 e.